The molecule has 2 amide bonds. The number of rotatable bonds is 6. The third-order valence-electron chi connectivity index (χ3n) is 3.77. The lowest BCUT2D eigenvalue weighted by molar-refractivity contribution is -0.118. The first kappa shape index (κ1) is 18.2. The van der Waals surface area contributed by atoms with Crippen molar-refractivity contribution in [3.8, 4) is 5.75 Å². The largest absolute Gasteiger partial charge is 0.483 e. The Labute approximate surface area is 156 Å². The standard InChI is InChI=1S/C20H19N3O4/c1-13-7-3-6-10-17(13)26-12-19(24)21-16-9-5-4-8-15(16)20(25)22-18-11-14(2)27-23-18/h3-11H,12H2,1-2H3,(H,21,24)(H,22,23,25). The van der Waals surface area contributed by atoms with Crippen LogP contribution < -0.4 is 15.4 Å². The number of amides is 2. The number of para-hydroxylation sites is 2. The summed E-state index contributed by atoms with van der Waals surface area (Å²) in [6, 6.07) is 15.7. The van der Waals surface area contributed by atoms with E-state index in [2.05, 4.69) is 15.8 Å². The molecular formula is C20H19N3O4. The summed E-state index contributed by atoms with van der Waals surface area (Å²) in [5, 5.41) is 9.06. The number of anilines is 2. The Morgan fingerprint density at radius 3 is 2.52 bits per heavy atom. The third-order valence-corrected chi connectivity index (χ3v) is 3.77. The molecule has 0 bridgehead atoms. The van der Waals surface area contributed by atoms with Crippen molar-refractivity contribution in [2.45, 2.75) is 13.8 Å². The average molecular weight is 365 g/mol. The summed E-state index contributed by atoms with van der Waals surface area (Å²) in [5.74, 6) is 0.761. The number of benzene rings is 2. The van der Waals surface area contributed by atoms with Crippen LogP contribution in [0.1, 0.15) is 21.7 Å². The summed E-state index contributed by atoms with van der Waals surface area (Å²) in [6.07, 6.45) is 0. The lowest BCUT2D eigenvalue weighted by Gasteiger charge is -2.12. The summed E-state index contributed by atoms with van der Waals surface area (Å²) in [6.45, 7) is 3.47. The number of aromatic nitrogens is 1. The quantitative estimate of drug-likeness (QED) is 0.697. The van der Waals surface area contributed by atoms with Crippen molar-refractivity contribution in [2.24, 2.45) is 0 Å². The van der Waals surface area contributed by atoms with E-state index in [1.54, 1.807) is 43.3 Å². The SMILES string of the molecule is Cc1cc(NC(=O)c2ccccc2NC(=O)COc2ccccc2C)no1. The topological polar surface area (TPSA) is 93.5 Å². The van der Waals surface area contributed by atoms with Gasteiger partial charge in [0.2, 0.25) is 0 Å². The second kappa shape index (κ2) is 8.18. The highest BCUT2D eigenvalue weighted by molar-refractivity contribution is 6.09. The van der Waals surface area contributed by atoms with Gasteiger partial charge >= 0.3 is 0 Å². The maximum atomic E-state index is 12.5. The highest BCUT2D eigenvalue weighted by atomic mass is 16.5. The van der Waals surface area contributed by atoms with Gasteiger partial charge in [0.15, 0.2) is 12.4 Å². The number of nitrogens with zero attached hydrogens (tertiary/aromatic N) is 1. The molecule has 7 nitrogen and oxygen atoms in total. The van der Waals surface area contributed by atoms with Crippen LogP contribution >= 0.6 is 0 Å². The van der Waals surface area contributed by atoms with Crippen LogP contribution in [0, 0.1) is 13.8 Å². The lowest BCUT2D eigenvalue weighted by atomic mass is 10.1. The van der Waals surface area contributed by atoms with E-state index in [1.165, 1.54) is 0 Å². The highest BCUT2D eigenvalue weighted by Gasteiger charge is 2.15. The molecule has 0 saturated carbocycles. The molecule has 138 valence electrons. The summed E-state index contributed by atoms with van der Waals surface area (Å²) >= 11 is 0. The fourth-order valence-corrected chi connectivity index (χ4v) is 2.45. The van der Waals surface area contributed by atoms with Crippen LogP contribution in [-0.2, 0) is 4.79 Å². The van der Waals surface area contributed by atoms with E-state index in [4.69, 9.17) is 9.26 Å². The number of nitrogens with one attached hydrogen (secondary N) is 2. The van der Waals surface area contributed by atoms with Gasteiger partial charge in [-0.25, -0.2) is 0 Å². The molecule has 1 aromatic heterocycles. The molecule has 0 aliphatic carbocycles. The summed E-state index contributed by atoms with van der Waals surface area (Å²) in [7, 11) is 0. The molecule has 3 rings (SSSR count). The van der Waals surface area contributed by atoms with E-state index in [0.29, 0.717) is 28.6 Å². The van der Waals surface area contributed by atoms with Crippen molar-refractivity contribution in [3.05, 3.63) is 71.5 Å². The molecule has 0 aliphatic rings. The van der Waals surface area contributed by atoms with E-state index in [0.717, 1.165) is 5.56 Å². The minimum atomic E-state index is -0.404. The predicted molar refractivity (Wildman–Crippen MR) is 101 cm³/mol. The average Bonchev–Trinajstić information content (AvgIpc) is 3.06. The third kappa shape index (κ3) is 4.72. The second-order valence-corrected chi connectivity index (χ2v) is 5.92. The molecule has 2 aromatic carbocycles. The Morgan fingerprint density at radius 2 is 1.78 bits per heavy atom. The Kier molecular flexibility index (Phi) is 5.51. The van der Waals surface area contributed by atoms with Crippen molar-refractivity contribution in [2.75, 3.05) is 17.2 Å². The molecule has 0 radical (unpaired) electrons. The van der Waals surface area contributed by atoms with Gasteiger partial charge in [-0.05, 0) is 37.6 Å². The van der Waals surface area contributed by atoms with Crippen LogP contribution in [0.15, 0.2) is 59.1 Å². The van der Waals surface area contributed by atoms with Gasteiger partial charge < -0.3 is 19.9 Å². The van der Waals surface area contributed by atoms with Gasteiger partial charge in [-0.2, -0.15) is 0 Å². The smallest absolute Gasteiger partial charge is 0.262 e. The molecule has 0 saturated heterocycles. The Hall–Kier alpha value is -3.61. The maximum absolute atomic E-state index is 12.5. The van der Waals surface area contributed by atoms with Gasteiger partial charge in [0.25, 0.3) is 11.8 Å². The Bertz CT molecular complexity index is 965. The predicted octanol–water partition coefficient (Wildman–Crippen LogP) is 3.56. The zero-order chi connectivity index (χ0) is 19.2. The van der Waals surface area contributed by atoms with Crippen LogP contribution in [0.3, 0.4) is 0 Å². The molecule has 0 unspecified atom stereocenters. The first-order valence-electron chi connectivity index (χ1n) is 8.35. The molecule has 1 heterocycles. The fourth-order valence-electron chi connectivity index (χ4n) is 2.45. The van der Waals surface area contributed by atoms with Crippen LogP contribution in [0.4, 0.5) is 11.5 Å². The van der Waals surface area contributed by atoms with Crippen molar-refractivity contribution in [1.29, 1.82) is 0 Å². The van der Waals surface area contributed by atoms with Gasteiger partial charge in [0, 0.05) is 6.07 Å². The minimum absolute atomic E-state index is 0.163. The van der Waals surface area contributed by atoms with Crippen LogP contribution in [0.25, 0.3) is 0 Å². The van der Waals surface area contributed by atoms with Gasteiger partial charge in [0.05, 0.1) is 11.3 Å². The van der Waals surface area contributed by atoms with Crippen LogP contribution in [-0.4, -0.2) is 23.6 Å². The van der Waals surface area contributed by atoms with Crippen LogP contribution in [0.2, 0.25) is 0 Å². The fraction of sp³-hybridized carbons (Fsp3) is 0.150. The molecular weight excluding hydrogens is 346 g/mol. The second-order valence-electron chi connectivity index (χ2n) is 5.92. The maximum Gasteiger partial charge on any atom is 0.262 e. The highest BCUT2D eigenvalue weighted by Crippen LogP contribution is 2.19. The molecule has 27 heavy (non-hydrogen) atoms. The molecule has 0 atom stereocenters. The molecule has 3 aromatic rings. The van der Waals surface area contributed by atoms with Crippen molar-refractivity contribution in [3.63, 3.8) is 0 Å². The first-order valence-corrected chi connectivity index (χ1v) is 8.35. The van der Waals surface area contributed by atoms with Crippen LogP contribution in [0.5, 0.6) is 5.75 Å². The monoisotopic (exact) mass is 365 g/mol. The van der Waals surface area contributed by atoms with Gasteiger partial charge in [-0.15, -0.1) is 0 Å². The zero-order valence-corrected chi connectivity index (χ0v) is 15.0. The Balaban J connectivity index is 1.65. The normalized spacial score (nSPS) is 10.3. The zero-order valence-electron chi connectivity index (χ0n) is 15.0. The minimum Gasteiger partial charge on any atom is -0.483 e. The molecule has 0 aliphatic heterocycles. The van der Waals surface area contributed by atoms with E-state index < -0.39 is 5.91 Å². The summed E-state index contributed by atoms with van der Waals surface area (Å²) < 4.78 is 10.5. The van der Waals surface area contributed by atoms with E-state index in [9.17, 15) is 9.59 Å². The van der Waals surface area contributed by atoms with E-state index >= 15 is 0 Å². The van der Waals surface area contributed by atoms with Gasteiger partial charge in [-0.1, -0.05) is 35.5 Å². The number of aryl methyl sites for hydroxylation is 2. The van der Waals surface area contributed by atoms with Gasteiger partial charge in [-0.3, -0.25) is 9.59 Å². The molecule has 7 heteroatoms. The Morgan fingerprint density at radius 1 is 1.04 bits per heavy atom. The molecule has 0 fully saturated rings. The molecule has 0 spiro atoms. The number of hydrogen-bond donors (Lipinski definition) is 2. The number of ether oxygens (including phenoxy) is 1. The van der Waals surface area contributed by atoms with E-state index in [1.807, 2.05) is 25.1 Å². The number of carbonyl (C=O) groups excluding carboxylic acids is 2. The van der Waals surface area contributed by atoms with Crippen molar-refractivity contribution >= 4 is 23.3 Å². The van der Waals surface area contributed by atoms with E-state index in [-0.39, 0.29) is 12.5 Å². The summed E-state index contributed by atoms with van der Waals surface area (Å²) in [5.41, 5.74) is 1.63. The van der Waals surface area contributed by atoms with Crippen molar-refractivity contribution in [1.82, 2.24) is 5.16 Å². The number of hydrogen-bond acceptors (Lipinski definition) is 5. The lowest BCUT2D eigenvalue weighted by Crippen LogP contribution is -2.23. The first-order chi connectivity index (χ1) is 13.0. The van der Waals surface area contributed by atoms with Crippen molar-refractivity contribution < 1.29 is 18.8 Å². The number of carbonyl (C=O) groups is 2. The molecule has 2 N–H and O–H groups in total. The summed E-state index contributed by atoms with van der Waals surface area (Å²) in [4.78, 5) is 24.7. The van der Waals surface area contributed by atoms with Gasteiger partial charge in [0.1, 0.15) is 11.5 Å².